The van der Waals surface area contributed by atoms with E-state index < -0.39 is 0 Å². The van der Waals surface area contributed by atoms with Gasteiger partial charge in [0.25, 0.3) is 0 Å². The molecule has 0 bridgehead atoms. The Balaban J connectivity index is 1.65. The number of hydrogen-bond acceptors (Lipinski definition) is 5. The van der Waals surface area contributed by atoms with Gasteiger partial charge in [0.2, 0.25) is 11.7 Å². The first-order valence-corrected chi connectivity index (χ1v) is 8.18. The fraction of sp³-hybridized carbons (Fsp3) is 0.250. The lowest BCUT2D eigenvalue weighted by Gasteiger charge is -2.11. The molecule has 0 aliphatic rings. The number of nitrogens with zero attached hydrogens (tertiary/aromatic N) is 4. The van der Waals surface area contributed by atoms with Crippen molar-refractivity contribution in [1.29, 1.82) is 0 Å². The highest BCUT2D eigenvalue weighted by molar-refractivity contribution is 7.10. The molecule has 2 heterocycles. The Labute approximate surface area is 138 Å². The number of aryl methyl sites for hydroxylation is 1. The highest BCUT2D eigenvalue weighted by atomic mass is 32.1. The van der Waals surface area contributed by atoms with Crippen LogP contribution >= 0.6 is 11.3 Å². The highest BCUT2D eigenvalue weighted by Gasteiger charge is 2.13. The van der Waals surface area contributed by atoms with E-state index in [4.69, 9.17) is 0 Å². The summed E-state index contributed by atoms with van der Waals surface area (Å²) in [6, 6.07) is 11.8. The van der Waals surface area contributed by atoms with Crippen LogP contribution in [0.15, 0.2) is 41.8 Å². The molecule has 0 saturated carbocycles. The van der Waals surface area contributed by atoms with E-state index in [1.54, 1.807) is 11.3 Å². The minimum atomic E-state index is -0.139. The molecule has 23 heavy (non-hydrogen) atoms. The van der Waals surface area contributed by atoms with Gasteiger partial charge in [0, 0.05) is 10.4 Å². The van der Waals surface area contributed by atoms with Crippen LogP contribution in [0.3, 0.4) is 0 Å². The molecule has 0 radical (unpaired) electrons. The third-order valence-corrected chi connectivity index (χ3v) is 4.53. The zero-order valence-electron chi connectivity index (χ0n) is 12.9. The number of hydrogen-bond donors (Lipinski definition) is 1. The van der Waals surface area contributed by atoms with Crippen LogP contribution in [0.4, 0.5) is 0 Å². The van der Waals surface area contributed by atoms with Crippen LogP contribution in [0, 0.1) is 6.92 Å². The second-order valence-corrected chi connectivity index (χ2v) is 6.24. The van der Waals surface area contributed by atoms with Gasteiger partial charge in [-0.05, 0) is 36.1 Å². The van der Waals surface area contributed by atoms with E-state index in [2.05, 4.69) is 20.7 Å². The summed E-state index contributed by atoms with van der Waals surface area (Å²) < 4.78 is 0. The smallest absolute Gasteiger partial charge is 0.244 e. The second kappa shape index (κ2) is 6.70. The minimum absolute atomic E-state index is 0.0261. The summed E-state index contributed by atoms with van der Waals surface area (Å²) in [5.74, 6) is 0.391. The van der Waals surface area contributed by atoms with Crippen LogP contribution in [0.5, 0.6) is 0 Å². The Kier molecular flexibility index (Phi) is 4.47. The van der Waals surface area contributed by atoms with Gasteiger partial charge in [-0.2, -0.15) is 4.80 Å². The van der Waals surface area contributed by atoms with Crippen molar-refractivity contribution in [2.45, 2.75) is 26.4 Å². The Morgan fingerprint density at radius 1 is 1.30 bits per heavy atom. The molecule has 0 aliphatic carbocycles. The van der Waals surface area contributed by atoms with Crippen LogP contribution in [0.2, 0.25) is 0 Å². The number of tetrazole rings is 1. The van der Waals surface area contributed by atoms with Gasteiger partial charge in [0.15, 0.2) is 0 Å². The summed E-state index contributed by atoms with van der Waals surface area (Å²) in [6.07, 6.45) is 0. The fourth-order valence-electron chi connectivity index (χ4n) is 2.27. The summed E-state index contributed by atoms with van der Waals surface area (Å²) in [7, 11) is 0. The van der Waals surface area contributed by atoms with E-state index >= 15 is 0 Å². The van der Waals surface area contributed by atoms with Crippen LogP contribution in [-0.2, 0) is 11.3 Å². The van der Waals surface area contributed by atoms with Gasteiger partial charge in [-0.3, -0.25) is 4.79 Å². The maximum Gasteiger partial charge on any atom is 0.244 e. The summed E-state index contributed by atoms with van der Waals surface area (Å²) >= 11 is 1.62. The molecule has 3 aromatic rings. The highest BCUT2D eigenvalue weighted by Crippen LogP contribution is 2.19. The quantitative estimate of drug-likeness (QED) is 0.782. The molecule has 0 spiro atoms. The lowest BCUT2D eigenvalue weighted by molar-refractivity contribution is -0.122. The first-order chi connectivity index (χ1) is 11.1. The van der Waals surface area contributed by atoms with Crippen molar-refractivity contribution in [3.63, 3.8) is 0 Å². The predicted octanol–water partition coefficient (Wildman–Crippen LogP) is 2.59. The van der Waals surface area contributed by atoms with Crippen molar-refractivity contribution in [2.24, 2.45) is 0 Å². The third kappa shape index (κ3) is 3.62. The summed E-state index contributed by atoms with van der Waals surface area (Å²) in [5.41, 5.74) is 1.99. The molecule has 2 aromatic heterocycles. The number of nitrogens with one attached hydrogen (secondary N) is 1. The number of carbonyl (C=O) groups is 1. The molecular weight excluding hydrogens is 310 g/mol. The number of amides is 1. The average molecular weight is 327 g/mol. The molecule has 1 atom stereocenters. The topological polar surface area (TPSA) is 72.7 Å². The predicted molar refractivity (Wildman–Crippen MR) is 88.9 cm³/mol. The molecular formula is C16H17N5OS. The summed E-state index contributed by atoms with van der Waals surface area (Å²) in [6.45, 7) is 4.00. The second-order valence-electron chi connectivity index (χ2n) is 5.26. The first kappa shape index (κ1) is 15.4. The van der Waals surface area contributed by atoms with Gasteiger partial charge < -0.3 is 5.32 Å². The van der Waals surface area contributed by atoms with E-state index in [-0.39, 0.29) is 18.5 Å². The van der Waals surface area contributed by atoms with Crippen LogP contribution < -0.4 is 5.32 Å². The van der Waals surface area contributed by atoms with Gasteiger partial charge >= 0.3 is 0 Å². The number of rotatable bonds is 5. The summed E-state index contributed by atoms with van der Waals surface area (Å²) in [5, 5.41) is 17.2. The van der Waals surface area contributed by atoms with E-state index in [0.29, 0.717) is 5.82 Å². The van der Waals surface area contributed by atoms with Gasteiger partial charge in [-0.1, -0.05) is 30.3 Å². The fourth-order valence-corrected chi connectivity index (χ4v) is 3.00. The van der Waals surface area contributed by atoms with E-state index in [1.807, 2.05) is 55.6 Å². The molecule has 3 rings (SSSR count). The van der Waals surface area contributed by atoms with Crippen molar-refractivity contribution in [1.82, 2.24) is 25.5 Å². The molecule has 6 nitrogen and oxygen atoms in total. The zero-order valence-corrected chi connectivity index (χ0v) is 13.7. The standard InChI is InChI=1S/C16H17N5OS/c1-11-6-3-4-7-13(11)16-18-20-21(19-16)10-15(22)17-12(2)14-8-5-9-23-14/h3-9,12H,10H2,1-2H3,(H,17,22)/t12-/m0/s1. The van der Waals surface area contributed by atoms with Gasteiger partial charge in [0.1, 0.15) is 6.54 Å². The molecule has 1 aromatic carbocycles. The largest absolute Gasteiger partial charge is 0.347 e. The minimum Gasteiger partial charge on any atom is -0.347 e. The Bertz CT molecular complexity index is 796. The van der Waals surface area contributed by atoms with Crippen LogP contribution in [0.1, 0.15) is 23.4 Å². The first-order valence-electron chi connectivity index (χ1n) is 7.30. The van der Waals surface area contributed by atoms with Gasteiger partial charge in [0.05, 0.1) is 6.04 Å². The summed E-state index contributed by atoms with van der Waals surface area (Å²) in [4.78, 5) is 14.5. The molecule has 1 N–H and O–H groups in total. The number of benzene rings is 1. The average Bonchev–Trinajstić information content (AvgIpc) is 3.19. The monoisotopic (exact) mass is 327 g/mol. The molecule has 0 fully saturated rings. The molecule has 0 saturated heterocycles. The van der Waals surface area contributed by atoms with Crippen molar-refractivity contribution in [3.8, 4) is 11.4 Å². The van der Waals surface area contributed by atoms with E-state index in [9.17, 15) is 4.79 Å². The van der Waals surface area contributed by atoms with Crippen molar-refractivity contribution < 1.29 is 4.79 Å². The normalized spacial score (nSPS) is 12.1. The third-order valence-electron chi connectivity index (χ3n) is 3.47. The molecule has 118 valence electrons. The van der Waals surface area contributed by atoms with Gasteiger partial charge in [-0.25, -0.2) is 0 Å². The Hall–Kier alpha value is -2.54. The Morgan fingerprint density at radius 2 is 2.13 bits per heavy atom. The molecule has 1 amide bonds. The molecule has 0 unspecified atom stereocenters. The molecule has 7 heteroatoms. The maximum absolute atomic E-state index is 12.1. The lowest BCUT2D eigenvalue weighted by Crippen LogP contribution is -2.30. The van der Waals surface area contributed by atoms with Crippen molar-refractivity contribution in [2.75, 3.05) is 0 Å². The van der Waals surface area contributed by atoms with Crippen molar-refractivity contribution in [3.05, 3.63) is 52.2 Å². The van der Waals surface area contributed by atoms with E-state index in [1.165, 1.54) is 4.80 Å². The number of thiophene rings is 1. The number of aromatic nitrogens is 4. The van der Waals surface area contributed by atoms with Crippen LogP contribution in [-0.4, -0.2) is 26.1 Å². The van der Waals surface area contributed by atoms with Gasteiger partial charge in [-0.15, -0.1) is 21.5 Å². The number of carbonyl (C=O) groups excluding carboxylic acids is 1. The molecule has 0 aliphatic heterocycles. The van der Waals surface area contributed by atoms with Crippen LogP contribution in [0.25, 0.3) is 11.4 Å². The zero-order chi connectivity index (χ0) is 16.2. The maximum atomic E-state index is 12.1. The van der Waals surface area contributed by atoms with E-state index in [0.717, 1.165) is 16.0 Å². The lowest BCUT2D eigenvalue weighted by atomic mass is 10.1. The SMILES string of the molecule is Cc1ccccc1-c1nnn(CC(=O)N[C@@H](C)c2cccs2)n1. The Morgan fingerprint density at radius 3 is 2.87 bits per heavy atom. The van der Waals surface area contributed by atoms with Crippen molar-refractivity contribution >= 4 is 17.2 Å².